The van der Waals surface area contributed by atoms with E-state index >= 15 is 0 Å². The highest BCUT2D eigenvalue weighted by Gasteiger charge is 2.04. The Morgan fingerprint density at radius 1 is 1.00 bits per heavy atom. The zero-order valence-electron chi connectivity index (χ0n) is 8.93. The van der Waals surface area contributed by atoms with Crippen molar-refractivity contribution in [3.8, 4) is 0 Å². The first-order valence-corrected chi connectivity index (χ1v) is 6.45. The predicted octanol–water partition coefficient (Wildman–Crippen LogP) is 3.74. The summed E-state index contributed by atoms with van der Waals surface area (Å²) in [7, 11) is 0. The second-order valence-electron chi connectivity index (χ2n) is 3.81. The van der Waals surface area contributed by atoms with Crippen LogP contribution in [0.4, 0.5) is 0 Å². The van der Waals surface area contributed by atoms with Crippen LogP contribution in [0.15, 0.2) is 46.8 Å². The Bertz CT molecular complexity index is 302. The summed E-state index contributed by atoms with van der Waals surface area (Å²) >= 11 is 1.79. The summed E-state index contributed by atoms with van der Waals surface area (Å²) in [6.07, 6.45) is 6.33. The second kappa shape index (κ2) is 5.86. The first-order valence-electron chi connectivity index (χ1n) is 5.57. The molecule has 80 valence electrons. The highest BCUT2D eigenvalue weighted by molar-refractivity contribution is 8.02. The first-order chi connectivity index (χ1) is 7.45. The average Bonchev–Trinajstić information content (AvgIpc) is 2.32. The molecule has 1 nitrogen and oxygen atoms in total. The molecule has 1 aliphatic rings. The van der Waals surface area contributed by atoms with Crippen LogP contribution < -0.4 is 0 Å². The van der Waals surface area contributed by atoms with E-state index in [4.69, 9.17) is 0 Å². The Morgan fingerprint density at radius 2 is 1.73 bits per heavy atom. The molecule has 1 saturated heterocycles. The van der Waals surface area contributed by atoms with Gasteiger partial charge in [0.25, 0.3) is 0 Å². The summed E-state index contributed by atoms with van der Waals surface area (Å²) in [5.41, 5.74) is 0. The summed E-state index contributed by atoms with van der Waals surface area (Å²) in [6.45, 7) is 2.46. The van der Waals surface area contributed by atoms with E-state index in [0.717, 1.165) is 0 Å². The summed E-state index contributed by atoms with van der Waals surface area (Å²) in [5, 5.41) is 2.20. The average molecular weight is 219 g/mol. The quantitative estimate of drug-likeness (QED) is 0.713. The predicted molar refractivity (Wildman–Crippen MR) is 66.9 cm³/mol. The van der Waals surface area contributed by atoms with E-state index in [9.17, 15) is 0 Å². The van der Waals surface area contributed by atoms with Gasteiger partial charge in [0.1, 0.15) is 0 Å². The highest BCUT2D eigenvalue weighted by Crippen LogP contribution is 2.19. The fourth-order valence-electron chi connectivity index (χ4n) is 1.76. The van der Waals surface area contributed by atoms with Crippen LogP contribution in [-0.4, -0.2) is 18.0 Å². The minimum absolute atomic E-state index is 1.23. The SMILES string of the molecule is C(=CN1CCCCC1)Sc1ccccc1. The maximum Gasteiger partial charge on any atom is 0.0172 e. The molecule has 15 heavy (non-hydrogen) atoms. The minimum Gasteiger partial charge on any atom is -0.377 e. The summed E-state index contributed by atoms with van der Waals surface area (Å²) in [5.74, 6) is 0. The van der Waals surface area contributed by atoms with Crippen LogP contribution in [0.5, 0.6) is 0 Å². The molecule has 0 aromatic heterocycles. The molecule has 0 bridgehead atoms. The van der Waals surface area contributed by atoms with E-state index in [2.05, 4.69) is 46.8 Å². The van der Waals surface area contributed by atoms with Crippen LogP contribution in [0.3, 0.4) is 0 Å². The van der Waals surface area contributed by atoms with Gasteiger partial charge in [0.15, 0.2) is 0 Å². The van der Waals surface area contributed by atoms with Gasteiger partial charge in [-0.1, -0.05) is 30.0 Å². The zero-order chi connectivity index (χ0) is 10.3. The molecule has 0 atom stereocenters. The van der Waals surface area contributed by atoms with E-state index in [1.54, 1.807) is 11.8 Å². The summed E-state index contributed by atoms with van der Waals surface area (Å²) in [6, 6.07) is 10.5. The fourth-order valence-corrected chi connectivity index (χ4v) is 2.47. The van der Waals surface area contributed by atoms with Crippen LogP contribution in [-0.2, 0) is 0 Å². The molecule has 0 amide bonds. The number of nitrogens with zero attached hydrogens (tertiary/aromatic N) is 1. The third-order valence-electron chi connectivity index (χ3n) is 2.61. The summed E-state index contributed by atoms with van der Waals surface area (Å²) < 4.78 is 0. The number of thioether (sulfide) groups is 1. The Labute approximate surface area is 96.2 Å². The molecule has 0 saturated carbocycles. The van der Waals surface area contributed by atoms with Crippen LogP contribution in [0.2, 0.25) is 0 Å². The lowest BCUT2D eigenvalue weighted by molar-refractivity contribution is 0.310. The van der Waals surface area contributed by atoms with Gasteiger partial charge in [-0.15, -0.1) is 0 Å². The molecule has 1 aliphatic heterocycles. The van der Waals surface area contributed by atoms with E-state index in [-0.39, 0.29) is 0 Å². The number of benzene rings is 1. The van der Waals surface area contributed by atoms with Crippen molar-refractivity contribution in [3.63, 3.8) is 0 Å². The molecule has 2 rings (SSSR count). The summed E-state index contributed by atoms with van der Waals surface area (Å²) in [4.78, 5) is 3.73. The molecule has 0 spiro atoms. The minimum atomic E-state index is 1.23. The Hall–Kier alpha value is -0.890. The fraction of sp³-hybridized carbons (Fsp3) is 0.385. The van der Waals surface area contributed by atoms with E-state index in [1.165, 1.54) is 37.2 Å². The number of piperidine rings is 1. The van der Waals surface area contributed by atoms with Gasteiger partial charge in [-0.2, -0.15) is 0 Å². The molecule has 0 radical (unpaired) electrons. The highest BCUT2D eigenvalue weighted by atomic mass is 32.2. The standard InChI is InChI=1S/C13H17NS/c1-3-7-13(8-4-1)15-12-11-14-9-5-2-6-10-14/h1,3-4,7-8,11-12H,2,5-6,9-10H2. The lowest BCUT2D eigenvalue weighted by atomic mass is 10.1. The van der Waals surface area contributed by atoms with Gasteiger partial charge in [-0.3, -0.25) is 0 Å². The number of hydrogen-bond acceptors (Lipinski definition) is 2. The molecule has 2 heteroatoms. The van der Waals surface area contributed by atoms with Crippen molar-refractivity contribution in [2.45, 2.75) is 24.2 Å². The van der Waals surface area contributed by atoms with Crippen molar-refractivity contribution < 1.29 is 0 Å². The van der Waals surface area contributed by atoms with E-state index in [1.807, 2.05) is 0 Å². The number of rotatable bonds is 3. The largest absolute Gasteiger partial charge is 0.377 e. The molecule has 1 aromatic rings. The zero-order valence-corrected chi connectivity index (χ0v) is 9.75. The van der Waals surface area contributed by atoms with Crippen molar-refractivity contribution in [2.24, 2.45) is 0 Å². The van der Waals surface area contributed by atoms with Crippen molar-refractivity contribution in [2.75, 3.05) is 13.1 Å². The van der Waals surface area contributed by atoms with Gasteiger partial charge in [0.2, 0.25) is 0 Å². The van der Waals surface area contributed by atoms with Crippen molar-refractivity contribution in [1.29, 1.82) is 0 Å². The molecular formula is C13H17NS. The van der Waals surface area contributed by atoms with Crippen LogP contribution in [0.1, 0.15) is 19.3 Å². The lowest BCUT2D eigenvalue weighted by Crippen LogP contribution is -2.23. The maximum absolute atomic E-state index is 2.42. The number of hydrogen-bond donors (Lipinski definition) is 0. The van der Waals surface area contributed by atoms with Crippen LogP contribution in [0, 0.1) is 0 Å². The lowest BCUT2D eigenvalue weighted by Gasteiger charge is -2.24. The van der Waals surface area contributed by atoms with Crippen molar-refractivity contribution in [1.82, 2.24) is 4.90 Å². The normalized spacial score (nSPS) is 17.2. The first kappa shape index (κ1) is 10.6. The third kappa shape index (κ3) is 3.63. The van der Waals surface area contributed by atoms with Gasteiger partial charge in [-0.25, -0.2) is 0 Å². The molecule has 0 aliphatic carbocycles. The molecule has 1 heterocycles. The van der Waals surface area contributed by atoms with E-state index in [0.29, 0.717) is 0 Å². The van der Waals surface area contributed by atoms with Gasteiger partial charge in [-0.05, 0) is 36.8 Å². The smallest absolute Gasteiger partial charge is 0.0172 e. The van der Waals surface area contributed by atoms with Gasteiger partial charge < -0.3 is 4.90 Å². The molecule has 0 unspecified atom stereocenters. The van der Waals surface area contributed by atoms with E-state index < -0.39 is 0 Å². The van der Waals surface area contributed by atoms with Gasteiger partial charge >= 0.3 is 0 Å². The monoisotopic (exact) mass is 219 g/mol. The topological polar surface area (TPSA) is 3.24 Å². The Kier molecular flexibility index (Phi) is 4.15. The number of likely N-dealkylation sites (tertiary alicyclic amines) is 1. The van der Waals surface area contributed by atoms with Crippen molar-refractivity contribution >= 4 is 11.8 Å². The molecule has 1 aromatic carbocycles. The second-order valence-corrected chi connectivity index (χ2v) is 4.79. The maximum atomic E-state index is 2.42. The Balaban J connectivity index is 1.79. The van der Waals surface area contributed by atoms with Crippen LogP contribution >= 0.6 is 11.8 Å². The molecule has 0 N–H and O–H groups in total. The van der Waals surface area contributed by atoms with Gasteiger partial charge in [0.05, 0.1) is 0 Å². The van der Waals surface area contributed by atoms with Crippen LogP contribution in [0.25, 0.3) is 0 Å². The van der Waals surface area contributed by atoms with Gasteiger partial charge in [0, 0.05) is 24.2 Å². The van der Waals surface area contributed by atoms with Crippen molar-refractivity contribution in [3.05, 3.63) is 41.9 Å². The molecule has 1 fully saturated rings. The molecular weight excluding hydrogens is 202 g/mol. The Morgan fingerprint density at radius 3 is 2.47 bits per heavy atom. The third-order valence-corrected chi connectivity index (χ3v) is 3.41.